The highest BCUT2D eigenvalue weighted by Crippen LogP contribution is 2.22. The average Bonchev–Trinajstić information content (AvgIpc) is 1.97. The van der Waals surface area contributed by atoms with E-state index in [1.165, 1.54) is 0 Å². The predicted octanol–water partition coefficient (Wildman–Crippen LogP) is 2.47. The van der Waals surface area contributed by atoms with Gasteiger partial charge in [0.1, 0.15) is 0 Å². The third-order valence-electron chi connectivity index (χ3n) is 1.98. The molecule has 0 rings (SSSR count). The van der Waals surface area contributed by atoms with E-state index in [1.807, 2.05) is 6.92 Å². The van der Waals surface area contributed by atoms with E-state index >= 15 is 0 Å². The monoisotopic (exact) mass is 227 g/mol. The zero-order valence-corrected chi connectivity index (χ0v) is 9.49. The molecule has 0 aliphatic carbocycles. The van der Waals surface area contributed by atoms with Crippen molar-refractivity contribution >= 4 is 0 Å². The Balaban J connectivity index is 3.54. The zero-order valence-electron chi connectivity index (χ0n) is 9.49. The van der Waals surface area contributed by atoms with Gasteiger partial charge in [-0.3, -0.25) is 0 Å². The highest BCUT2D eigenvalue weighted by molar-refractivity contribution is 4.72. The molecule has 0 amide bonds. The molecule has 1 atom stereocenters. The van der Waals surface area contributed by atoms with Crippen LogP contribution in [0.15, 0.2) is 0 Å². The molecule has 0 heterocycles. The summed E-state index contributed by atoms with van der Waals surface area (Å²) in [6, 6.07) is -0.00113. The number of hydrogen-bond acceptors (Lipinski definition) is 2. The van der Waals surface area contributed by atoms with Crippen LogP contribution in [-0.4, -0.2) is 29.5 Å². The van der Waals surface area contributed by atoms with Gasteiger partial charge >= 0.3 is 6.18 Å². The third kappa shape index (κ3) is 11.6. The molecular formula is C10H20F3NO. The van der Waals surface area contributed by atoms with Crippen LogP contribution in [0.3, 0.4) is 0 Å². The molecule has 0 spiro atoms. The number of halogens is 3. The molecular weight excluding hydrogens is 207 g/mol. The van der Waals surface area contributed by atoms with Gasteiger partial charge in [-0.15, -0.1) is 0 Å². The van der Waals surface area contributed by atoms with Gasteiger partial charge in [0.2, 0.25) is 0 Å². The first-order valence-electron chi connectivity index (χ1n) is 5.13. The standard InChI is InChI=1S/C10H20F3NO/c1-8(14-7-9(2,3)15)5-4-6-10(11,12)13/h8,14-15H,4-7H2,1-3H3. The van der Waals surface area contributed by atoms with Gasteiger partial charge in [-0.1, -0.05) is 0 Å². The molecule has 0 aromatic carbocycles. The van der Waals surface area contributed by atoms with E-state index in [-0.39, 0.29) is 12.5 Å². The van der Waals surface area contributed by atoms with Gasteiger partial charge in [-0.2, -0.15) is 13.2 Å². The maximum atomic E-state index is 11.8. The second kappa shape index (κ2) is 5.70. The average molecular weight is 227 g/mol. The number of hydrogen-bond donors (Lipinski definition) is 2. The van der Waals surface area contributed by atoms with E-state index in [1.54, 1.807) is 13.8 Å². The summed E-state index contributed by atoms with van der Waals surface area (Å²) in [7, 11) is 0. The summed E-state index contributed by atoms with van der Waals surface area (Å²) in [4.78, 5) is 0. The van der Waals surface area contributed by atoms with Crippen molar-refractivity contribution in [3.05, 3.63) is 0 Å². The maximum Gasteiger partial charge on any atom is 0.389 e. The summed E-state index contributed by atoms with van der Waals surface area (Å²) in [6.45, 7) is 5.52. The summed E-state index contributed by atoms with van der Waals surface area (Å²) in [5.74, 6) is 0. The van der Waals surface area contributed by atoms with Crippen LogP contribution in [0.2, 0.25) is 0 Å². The molecule has 92 valence electrons. The lowest BCUT2D eigenvalue weighted by Crippen LogP contribution is -2.39. The second-order valence-electron chi connectivity index (χ2n) is 4.60. The number of nitrogens with one attached hydrogen (secondary N) is 1. The molecule has 5 heteroatoms. The third-order valence-corrected chi connectivity index (χ3v) is 1.98. The lowest BCUT2D eigenvalue weighted by atomic mass is 10.1. The van der Waals surface area contributed by atoms with Crippen molar-refractivity contribution in [3.8, 4) is 0 Å². The fourth-order valence-corrected chi connectivity index (χ4v) is 1.13. The molecule has 0 fully saturated rings. The van der Waals surface area contributed by atoms with Gasteiger partial charge in [-0.25, -0.2) is 0 Å². The van der Waals surface area contributed by atoms with Crippen LogP contribution in [0, 0.1) is 0 Å². The Morgan fingerprint density at radius 2 is 1.80 bits per heavy atom. The van der Waals surface area contributed by atoms with Crippen LogP contribution in [0.4, 0.5) is 13.2 Å². The molecule has 15 heavy (non-hydrogen) atoms. The van der Waals surface area contributed by atoms with Gasteiger partial charge in [0.05, 0.1) is 5.60 Å². The van der Waals surface area contributed by atoms with Gasteiger partial charge in [0, 0.05) is 19.0 Å². The lowest BCUT2D eigenvalue weighted by Gasteiger charge is -2.21. The summed E-state index contributed by atoms with van der Waals surface area (Å²) >= 11 is 0. The molecule has 0 saturated heterocycles. The van der Waals surface area contributed by atoms with Crippen LogP contribution in [0.25, 0.3) is 0 Å². The Kier molecular flexibility index (Phi) is 5.59. The van der Waals surface area contributed by atoms with E-state index in [4.69, 9.17) is 0 Å². The fourth-order valence-electron chi connectivity index (χ4n) is 1.13. The van der Waals surface area contributed by atoms with Crippen molar-refractivity contribution < 1.29 is 18.3 Å². The first kappa shape index (κ1) is 14.7. The topological polar surface area (TPSA) is 32.3 Å². The Morgan fingerprint density at radius 3 is 2.20 bits per heavy atom. The van der Waals surface area contributed by atoms with Crippen molar-refractivity contribution in [2.24, 2.45) is 0 Å². The van der Waals surface area contributed by atoms with E-state index in [9.17, 15) is 18.3 Å². The highest BCUT2D eigenvalue weighted by Gasteiger charge is 2.26. The SMILES string of the molecule is CC(CCCC(F)(F)F)NCC(C)(C)O. The van der Waals surface area contributed by atoms with E-state index in [0.717, 1.165) is 0 Å². The minimum absolute atomic E-state index is 0.00113. The van der Waals surface area contributed by atoms with Crippen molar-refractivity contribution in [1.29, 1.82) is 0 Å². The molecule has 2 N–H and O–H groups in total. The van der Waals surface area contributed by atoms with Gasteiger partial charge in [0.25, 0.3) is 0 Å². The minimum atomic E-state index is -4.06. The highest BCUT2D eigenvalue weighted by atomic mass is 19.4. The molecule has 0 radical (unpaired) electrons. The normalized spacial score (nSPS) is 15.4. The molecule has 0 saturated carbocycles. The number of aliphatic hydroxyl groups is 1. The molecule has 0 aliphatic heterocycles. The number of rotatable bonds is 6. The Morgan fingerprint density at radius 1 is 1.27 bits per heavy atom. The van der Waals surface area contributed by atoms with Crippen molar-refractivity contribution in [1.82, 2.24) is 5.32 Å². The Hall–Kier alpha value is -0.290. The van der Waals surface area contributed by atoms with Crippen molar-refractivity contribution in [2.45, 2.75) is 57.9 Å². The van der Waals surface area contributed by atoms with E-state index in [0.29, 0.717) is 13.0 Å². The van der Waals surface area contributed by atoms with Gasteiger partial charge in [0.15, 0.2) is 0 Å². The Labute approximate surface area is 88.9 Å². The molecule has 2 nitrogen and oxygen atoms in total. The Bertz CT molecular complexity index is 174. The fraction of sp³-hybridized carbons (Fsp3) is 1.00. The van der Waals surface area contributed by atoms with Crippen LogP contribution >= 0.6 is 0 Å². The van der Waals surface area contributed by atoms with Crippen LogP contribution in [0.5, 0.6) is 0 Å². The number of alkyl halides is 3. The molecule has 0 aromatic heterocycles. The van der Waals surface area contributed by atoms with Crippen LogP contribution in [0.1, 0.15) is 40.0 Å². The largest absolute Gasteiger partial charge is 0.389 e. The van der Waals surface area contributed by atoms with Crippen molar-refractivity contribution in [2.75, 3.05) is 6.54 Å². The summed E-state index contributed by atoms with van der Waals surface area (Å²) in [5.41, 5.74) is -0.821. The molecule has 1 unspecified atom stereocenters. The van der Waals surface area contributed by atoms with E-state index in [2.05, 4.69) is 5.32 Å². The second-order valence-corrected chi connectivity index (χ2v) is 4.60. The first-order chi connectivity index (χ1) is 6.60. The summed E-state index contributed by atoms with van der Waals surface area (Å²) < 4.78 is 35.5. The van der Waals surface area contributed by atoms with Gasteiger partial charge in [-0.05, 0) is 33.6 Å². The first-order valence-corrected chi connectivity index (χ1v) is 5.13. The molecule has 0 aromatic rings. The smallest absolute Gasteiger partial charge is 0.389 e. The van der Waals surface area contributed by atoms with Crippen LogP contribution in [-0.2, 0) is 0 Å². The maximum absolute atomic E-state index is 11.8. The van der Waals surface area contributed by atoms with Gasteiger partial charge < -0.3 is 10.4 Å². The molecule has 0 bridgehead atoms. The van der Waals surface area contributed by atoms with Crippen molar-refractivity contribution in [3.63, 3.8) is 0 Å². The van der Waals surface area contributed by atoms with Crippen LogP contribution < -0.4 is 5.32 Å². The van der Waals surface area contributed by atoms with E-state index < -0.39 is 18.2 Å². The molecule has 0 aliphatic rings. The quantitative estimate of drug-likeness (QED) is 0.730. The predicted molar refractivity (Wildman–Crippen MR) is 53.7 cm³/mol. The lowest BCUT2D eigenvalue weighted by molar-refractivity contribution is -0.135. The summed E-state index contributed by atoms with van der Waals surface area (Å²) in [6.07, 6.45) is -4.20. The zero-order chi connectivity index (χ0) is 12.1. The summed E-state index contributed by atoms with van der Waals surface area (Å²) in [5, 5.41) is 12.4. The minimum Gasteiger partial charge on any atom is -0.389 e.